The maximum atomic E-state index is 13.1. The molecule has 2 N–H and O–H groups in total. The summed E-state index contributed by atoms with van der Waals surface area (Å²) >= 11 is 2.43. The smallest absolute Gasteiger partial charge is 0.303 e. The molecule has 0 aliphatic heterocycles. The van der Waals surface area contributed by atoms with Crippen LogP contribution in [0.15, 0.2) is 12.1 Å². The summed E-state index contributed by atoms with van der Waals surface area (Å²) in [6, 6.07) is 1.53. The van der Waals surface area contributed by atoms with Crippen LogP contribution < -0.4 is 0 Å². The quantitative estimate of drug-likeness (QED) is 0.391. The number of carboxylic acid groups (broad SMARTS) is 2. The van der Waals surface area contributed by atoms with Crippen LogP contribution in [-0.2, 0) is 16.0 Å². The summed E-state index contributed by atoms with van der Waals surface area (Å²) in [6.45, 7) is 1.97. The van der Waals surface area contributed by atoms with Gasteiger partial charge in [0.05, 0.1) is 0 Å². The summed E-state index contributed by atoms with van der Waals surface area (Å²) in [7, 11) is 0. The molecule has 0 bridgehead atoms. The predicted octanol–water partition coefficient (Wildman–Crippen LogP) is 3.73. The first-order chi connectivity index (χ1) is 11.1. The Morgan fingerprint density at radius 1 is 1.00 bits per heavy atom. The second-order valence-corrected chi connectivity index (χ2v) is 7.09. The minimum absolute atomic E-state index is 0.0628. The van der Waals surface area contributed by atoms with Gasteiger partial charge < -0.3 is 10.2 Å². The molecule has 0 spiro atoms. The van der Waals surface area contributed by atoms with E-state index >= 15 is 0 Å². The van der Waals surface area contributed by atoms with Crippen molar-refractivity contribution in [1.29, 1.82) is 0 Å². The third kappa shape index (κ3) is 11.1. The zero-order valence-corrected chi connectivity index (χ0v) is 15.1. The molecule has 0 aliphatic rings. The van der Waals surface area contributed by atoms with Crippen LogP contribution in [0, 0.1) is 17.5 Å². The first kappa shape index (κ1) is 22.5. The van der Waals surface area contributed by atoms with Crippen molar-refractivity contribution in [3.05, 3.63) is 35.1 Å². The Balaban J connectivity index is 0.000000470. The molecule has 0 saturated carbocycles. The molecule has 1 aromatic rings. The van der Waals surface area contributed by atoms with Crippen molar-refractivity contribution in [2.75, 3.05) is 0 Å². The largest absolute Gasteiger partial charge is 0.481 e. The van der Waals surface area contributed by atoms with Gasteiger partial charge in [-0.15, -0.1) is 0 Å². The molecule has 0 fully saturated rings. The van der Waals surface area contributed by atoms with Gasteiger partial charge in [0.2, 0.25) is 0 Å². The normalized spacial score (nSPS) is 11.4. The molecule has 1 aromatic carbocycles. The summed E-state index contributed by atoms with van der Waals surface area (Å²) in [6.07, 6.45) is 2.19. The number of rotatable bonds is 8. The van der Waals surface area contributed by atoms with E-state index < -0.39 is 29.4 Å². The number of benzene rings is 1. The zero-order chi connectivity index (χ0) is 18.7. The minimum atomic E-state index is -1.13. The maximum Gasteiger partial charge on any atom is 0.303 e. The van der Waals surface area contributed by atoms with E-state index in [0.717, 1.165) is 12.5 Å². The Kier molecular flexibility index (Phi) is 11.2. The Morgan fingerprint density at radius 2 is 1.46 bits per heavy atom. The van der Waals surface area contributed by atoms with Crippen molar-refractivity contribution in [2.24, 2.45) is 0 Å². The Hall–Kier alpha value is -1.49. The van der Waals surface area contributed by atoms with Gasteiger partial charge in [-0.3, -0.25) is 9.59 Å². The average molecular weight is 408 g/mol. The van der Waals surface area contributed by atoms with E-state index in [1.54, 1.807) is 0 Å². The van der Waals surface area contributed by atoms with Gasteiger partial charge in [-0.25, -0.2) is 0 Å². The topological polar surface area (TPSA) is 74.6 Å². The predicted molar refractivity (Wildman–Crippen MR) is 83.6 cm³/mol. The van der Waals surface area contributed by atoms with Crippen LogP contribution in [0.1, 0.15) is 44.6 Å². The Bertz CT molecular complexity index is 534. The number of carbonyl (C=O) groups is 2. The molecule has 134 valence electrons. The van der Waals surface area contributed by atoms with Crippen molar-refractivity contribution >= 4 is 28.8 Å². The summed E-state index contributed by atoms with van der Waals surface area (Å²) in [5, 5.41) is 16.3. The van der Waals surface area contributed by atoms with Crippen LogP contribution in [0.2, 0.25) is 4.71 Å². The molecular weight excluding hydrogens is 388 g/mol. The second kappa shape index (κ2) is 12.0. The van der Waals surface area contributed by atoms with Crippen LogP contribution >= 0.6 is 0 Å². The third-order valence-electron chi connectivity index (χ3n) is 2.95. The fourth-order valence-electron chi connectivity index (χ4n) is 1.67. The molecule has 1 atom stereocenters. The Labute approximate surface area is 147 Å². The molecule has 0 saturated heterocycles. The zero-order valence-electron chi connectivity index (χ0n) is 13.3. The van der Waals surface area contributed by atoms with Crippen molar-refractivity contribution in [3.8, 4) is 0 Å². The third-order valence-corrected chi connectivity index (χ3v) is 3.49. The standard InChI is InChI=1S/C10H10AsF3.C6H10O4/c1-6(11)2-3-7-4-9(13)10(14)5-8(7)12;7-5(8)3-1-2-4-6(9)10/h4-6H,2-3H2,1H3;1-4H2,(H,7,8)(H,9,10). The van der Waals surface area contributed by atoms with Gasteiger partial charge in [0.15, 0.2) is 0 Å². The number of aliphatic carboxylic acids is 2. The summed E-state index contributed by atoms with van der Waals surface area (Å²) in [5.74, 6) is -4.53. The van der Waals surface area contributed by atoms with Gasteiger partial charge in [0.25, 0.3) is 0 Å². The number of halogens is 3. The number of hydrogen-bond acceptors (Lipinski definition) is 2. The monoisotopic (exact) mass is 408 g/mol. The van der Waals surface area contributed by atoms with Crippen molar-refractivity contribution in [2.45, 2.75) is 50.2 Å². The van der Waals surface area contributed by atoms with E-state index in [2.05, 4.69) is 16.9 Å². The maximum absolute atomic E-state index is 13.1. The second-order valence-electron chi connectivity index (χ2n) is 5.24. The first-order valence-electron chi connectivity index (χ1n) is 7.38. The molecular formula is C16H20AsF3O4. The van der Waals surface area contributed by atoms with Gasteiger partial charge in [-0.05, 0) is 12.8 Å². The SMILES string of the molecule is CC([As])CCc1cc(F)c(F)cc1F.O=C(O)CCCCC(=O)O. The number of carboxylic acids is 2. The van der Waals surface area contributed by atoms with Crippen LogP contribution in [0.5, 0.6) is 0 Å². The van der Waals surface area contributed by atoms with Crippen LogP contribution in [0.3, 0.4) is 0 Å². The summed E-state index contributed by atoms with van der Waals surface area (Å²) < 4.78 is 38.7. The number of hydrogen-bond donors (Lipinski definition) is 2. The van der Waals surface area contributed by atoms with Gasteiger partial charge in [0.1, 0.15) is 0 Å². The van der Waals surface area contributed by atoms with Gasteiger partial charge in [0, 0.05) is 12.8 Å². The molecule has 0 aliphatic carbocycles. The van der Waals surface area contributed by atoms with Crippen LogP contribution in [0.4, 0.5) is 13.2 Å². The fourth-order valence-corrected chi connectivity index (χ4v) is 1.94. The molecule has 8 heteroatoms. The summed E-state index contributed by atoms with van der Waals surface area (Å²) in [4.78, 5) is 19.8. The minimum Gasteiger partial charge on any atom is -0.481 e. The van der Waals surface area contributed by atoms with E-state index in [1.807, 2.05) is 6.92 Å². The average Bonchev–Trinajstić information content (AvgIpc) is 2.46. The van der Waals surface area contributed by atoms with E-state index in [-0.39, 0.29) is 18.4 Å². The molecule has 0 amide bonds. The molecule has 0 aromatic heterocycles. The van der Waals surface area contributed by atoms with Gasteiger partial charge in [-0.1, -0.05) is 0 Å². The van der Waals surface area contributed by atoms with Crippen LogP contribution in [0.25, 0.3) is 0 Å². The van der Waals surface area contributed by atoms with E-state index in [9.17, 15) is 22.8 Å². The molecule has 0 heterocycles. The molecule has 24 heavy (non-hydrogen) atoms. The van der Waals surface area contributed by atoms with E-state index in [0.29, 0.717) is 30.0 Å². The van der Waals surface area contributed by atoms with E-state index in [4.69, 9.17) is 10.2 Å². The fraction of sp³-hybridized carbons (Fsp3) is 0.500. The molecule has 4 nitrogen and oxygen atoms in total. The molecule has 1 unspecified atom stereocenters. The van der Waals surface area contributed by atoms with Gasteiger partial charge in [-0.2, -0.15) is 0 Å². The van der Waals surface area contributed by atoms with Crippen molar-refractivity contribution < 1.29 is 33.0 Å². The Morgan fingerprint density at radius 3 is 1.88 bits per heavy atom. The number of aryl methyl sites for hydroxylation is 1. The van der Waals surface area contributed by atoms with Crippen molar-refractivity contribution in [3.63, 3.8) is 0 Å². The molecule has 2 radical (unpaired) electrons. The molecule has 1 rings (SSSR count). The van der Waals surface area contributed by atoms with Gasteiger partial charge >= 0.3 is 102 Å². The van der Waals surface area contributed by atoms with Crippen molar-refractivity contribution in [1.82, 2.24) is 0 Å². The number of unbranched alkanes of at least 4 members (excludes halogenated alkanes) is 1. The van der Waals surface area contributed by atoms with Crippen LogP contribution in [-0.4, -0.2) is 39.0 Å². The first-order valence-corrected chi connectivity index (χ1v) is 8.47. The van der Waals surface area contributed by atoms with E-state index in [1.165, 1.54) is 0 Å². The summed E-state index contributed by atoms with van der Waals surface area (Å²) in [5.41, 5.74) is 0.238.